The first-order valence-corrected chi connectivity index (χ1v) is 9.70. The van der Waals surface area contributed by atoms with Gasteiger partial charge in [-0.1, -0.05) is 0 Å². The molecule has 0 aromatic heterocycles. The van der Waals surface area contributed by atoms with Crippen molar-refractivity contribution in [2.24, 2.45) is 23.7 Å². The first-order valence-electron chi connectivity index (χ1n) is 9.70. The number of ether oxygens (including phenoxy) is 4. The van der Waals surface area contributed by atoms with Gasteiger partial charge >= 0.3 is 0 Å². The van der Waals surface area contributed by atoms with Gasteiger partial charge in [0.05, 0.1) is 24.9 Å². The Morgan fingerprint density at radius 2 is 1.39 bits per heavy atom. The van der Waals surface area contributed by atoms with E-state index in [9.17, 15) is 0 Å². The molecule has 23 heavy (non-hydrogen) atoms. The Morgan fingerprint density at radius 1 is 0.783 bits per heavy atom. The molecule has 4 saturated carbocycles. The molecule has 4 rings (SSSR count). The Labute approximate surface area is 140 Å². The van der Waals surface area contributed by atoms with Gasteiger partial charge in [0, 0.05) is 0 Å². The lowest BCUT2D eigenvalue weighted by Gasteiger charge is -2.24. The van der Waals surface area contributed by atoms with Gasteiger partial charge in [-0.2, -0.15) is 0 Å². The summed E-state index contributed by atoms with van der Waals surface area (Å²) in [7, 11) is 0. The molecular formula is C19H32O4. The summed E-state index contributed by atoms with van der Waals surface area (Å²) >= 11 is 0. The molecule has 7 unspecified atom stereocenters. The van der Waals surface area contributed by atoms with Crippen LogP contribution in [0.25, 0.3) is 0 Å². The fourth-order valence-electron chi connectivity index (χ4n) is 5.42. The van der Waals surface area contributed by atoms with Gasteiger partial charge in [0.2, 0.25) is 0 Å². The second kappa shape index (κ2) is 7.38. The van der Waals surface area contributed by atoms with E-state index in [1.165, 1.54) is 51.4 Å². The fourth-order valence-corrected chi connectivity index (χ4v) is 5.42. The molecule has 132 valence electrons. The molecular weight excluding hydrogens is 292 g/mol. The zero-order valence-corrected chi connectivity index (χ0v) is 14.5. The summed E-state index contributed by atoms with van der Waals surface area (Å²) in [5.74, 6) is 3.45. The Morgan fingerprint density at radius 3 is 1.91 bits per heavy atom. The van der Waals surface area contributed by atoms with Crippen LogP contribution in [0.3, 0.4) is 0 Å². The number of fused-ring (bicyclic) bond motifs is 4. The predicted molar refractivity (Wildman–Crippen MR) is 86.9 cm³/mol. The summed E-state index contributed by atoms with van der Waals surface area (Å²) in [6.45, 7) is 3.45. The zero-order valence-electron chi connectivity index (χ0n) is 14.5. The Kier molecular flexibility index (Phi) is 5.24. The molecule has 0 spiro atoms. The average Bonchev–Trinajstić information content (AvgIpc) is 3.31. The second-order valence-corrected chi connectivity index (χ2v) is 8.34. The topological polar surface area (TPSA) is 36.9 Å². The third-order valence-corrected chi connectivity index (χ3v) is 6.70. The van der Waals surface area contributed by atoms with Gasteiger partial charge in [-0.25, -0.2) is 0 Å². The van der Waals surface area contributed by atoms with Crippen molar-refractivity contribution in [3.63, 3.8) is 0 Å². The second-order valence-electron chi connectivity index (χ2n) is 8.34. The van der Waals surface area contributed by atoms with Crippen molar-refractivity contribution in [3.05, 3.63) is 0 Å². The molecule has 4 fully saturated rings. The van der Waals surface area contributed by atoms with Gasteiger partial charge in [-0.15, -0.1) is 0 Å². The third-order valence-electron chi connectivity index (χ3n) is 6.70. The first kappa shape index (κ1) is 16.3. The lowest BCUT2D eigenvalue weighted by molar-refractivity contribution is -0.159. The van der Waals surface area contributed by atoms with E-state index < -0.39 is 0 Å². The van der Waals surface area contributed by atoms with Crippen LogP contribution in [0.4, 0.5) is 0 Å². The van der Waals surface area contributed by atoms with Crippen LogP contribution in [0.5, 0.6) is 0 Å². The first-order chi connectivity index (χ1) is 11.3. The van der Waals surface area contributed by atoms with E-state index in [1.807, 2.05) is 6.92 Å². The number of hydrogen-bond donors (Lipinski definition) is 0. The van der Waals surface area contributed by atoms with Crippen LogP contribution >= 0.6 is 0 Å². The number of hydrogen-bond acceptors (Lipinski definition) is 4. The molecule has 0 saturated heterocycles. The number of rotatable bonds is 9. The summed E-state index contributed by atoms with van der Waals surface area (Å²) in [5.41, 5.74) is 0. The maximum atomic E-state index is 5.92. The van der Waals surface area contributed by atoms with Crippen molar-refractivity contribution in [2.75, 3.05) is 20.2 Å². The summed E-state index contributed by atoms with van der Waals surface area (Å²) in [6, 6.07) is 0. The van der Waals surface area contributed by atoms with Crippen LogP contribution in [0.1, 0.15) is 58.3 Å². The van der Waals surface area contributed by atoms with Gasteiger partial charge < -0.3 is 18.9 Å². The molecule has 0 amide bonds. The van der Waals surface area contributed by atoms with Crippen LogP contribution < -0.4 is 0 Å². The van der Waals surface area contributed by atoms with Crippen LogP contribution in [0.2, 0.25) is 0 Å². The molecule has 4 bridgehead atoms. The van der Waals surface area contributed by atoms with Crippen molar-refractivity contribution in [3.8, 4) is 0 Å². The highest BCUT2D eigenvalue weighted by atomic mass is 16.7. The standard InChI is InChI=1S/C19H32O4/c1-13(21-12-23-19-9-15-3-5-17(19)7-15)10-20-11-22-18-8-14-2-4-16(18)6-14/h13-19H,2-12H2,1H3. The van der Waals surface area contributed by atoms with Gasteiger partial charge in [-0.05, 0) is 82.0 Å². The van der Waals surface area contributed by atoms with E-state index in [4.69, 9.17) is 18.9 Å². The van der Waals surface area contributed by atoms with Crippen molar-refractivity contribution in [1.29, 1.82) is 0 Å². The molecule has 0 heterocycles. The van der Waals surface area contributed by atoms with E-state index in [1.54, 1.807) is 0 Å². The minimum Gasteiger partial charge on any atom is -0.353 e. The van der Waals surface area contributed by atoms with Crippen molar-refractivity contribution >= 4 is 0 Å². The minimum atomic E-state index is 0.0669. The van der Waals surface area contributed by atoms with Crippen LogP contribution in [-0.2, 0) is 18.9 Å². The molecule has 4 aliphatic rings. The minimum absolute atomic E-state index is 0.0669. The monoisotopic (exact) mass is 324 g/mol. The van der Waals surface area contributed by atoms with Crippen LogP contribution in [0.15, 0.2) is 0 Å². The maximum Gasteiger partial charge on any atom is 0.147 e. The highest BCUT2D eigenvalue weighted by Crippen LogP contribution is 2.46. The highest BCUT2D eigenvalue weighted by molar-refractivity contribution is 4.91. The van der Waals surface area contributed by atoms with E-state index >= 15 is 0 Å². The van der Waals surface area contributed by atoms with E-state index in [2.05, 4.69) is 0 Å². The van der Waals surface area contributed by atoms with Crippen LogP contribution in [-0.4, -0.2) is 38.5 Å². The van der Waals surface area contributed by atoms with Crippen molar-refractivity contribution in [2.45, 2.75) is 76.6 Å². The van der Waals surface area contributed by atoms with Crippen LogP contribution in [0, 0.1) is 23.7 Å². The SMILES string of the molecule is CC(COCOC1CC2CCC1C2)OCOC1CC2CCC1C2. The molecule has 4 nitrogen and oxygen atoms in total. The van der Waals surface area contributed by atoms with Gasteiger partial charge in [0.15, 0.2) is 0 Å². The summed E-state index contributed by atoms with van der Waals surface area (Å²) in [6.07, 6.45) is 11.8. The Bertz CT molecular complexity index is 388. The lowest BCUT2D eigenvalue weighted by atomic mass is 9.98. The smallest absolute Gasteiger partial charge is 0.147 e. The maximum absolute atomic E-state index is 5.92. The van der Waals surface area contributed by atoms with Gasteiger partial charge in [0.25, 0.3) is 0 Å². The summed E-state index contributed by atoms with van der Waals surface area (Å²) in [4.78, 5) is 0. The van der Waals surface area contributed by atoms with Crippen molar-refractivity contribution < 1.29 is 18.9 Å². The fraction of sp³-hybridized carbons (Fsp3) is 1.00. The molecule has 0 aromatic carbocycles. The summed E-state index contributed by atoms with van der Waals surface area (Å²) < 4.78 is 23.2. The summed E-state index contributed by atoms with van der Waals surface area (Å²) in [5, 5.41) is 0. The Hall–Kier alpha value is -0.160. The molecule has 7 atom stereocenters. The normalized spacial score (nSPS) is 42.7. The molecule has 0 aromatic rings. The molecule has 0 N–H and O–H groups in total. The largest absolute Gasteiger partial charge is 0.353 e. The quantitative estimate of drug-likeness (QED) is 0.478. The van der Waals surface area contributed by atoms with E-state index in [-0.39, 0.29) is 6.10 Å². The molecule has 4 aliphatic carbocycles. The Balaban J connectivity index is 1.03. The molecule has 0 radical (unpaired) electrons. The molecule has 0 aliphatic heterocycles. The molecule has 4 heteroatoms. The van der Waals surface area contributed by atoms with Gasteiger partial charge in [0.1, 0.15) is 13.6 Å². The zero-order chi connectivity index (χ0) is 15.6. The van der Waals surface area contributed by atoms with Gasteiger partial charge in [-0.3, -0.25) is 0 Å². The highest BCUT2D eigenvalue weighted by Gasteiger charge is 2.41. The van der Waals surface area contributed by atoms with E-state index in [0.29, 0.717) is 32.4 Å². The third kappa shape index (κ3) is 3.92. The predicted octanol–water partition coefficient (Wildman–Crippen LogP) is 3.73. The van der Waals surface area contributed by atoms with E-state index in [0.717, 1.165) is 23.7 Å². The average molecular weight is 324 g/mol. The van der Waals surface area contributed by atoms with Crippen molar-refractivity contribution in [1.82, 2.24) is 0 Å². The lowest BCUT2D eigenvalue weighted by Crippen LogP contribution is -2.26.